The molecule has 0 bridgehead atoms. The average Bonchev–Trinajstić information content (AvgIpc) is 2.64. The van der Waals surface area contributed by atoms with Crippen molar-refractivity contribution in [2.45, 2.75) is 18.9 Å². The number of aliphatic hydroxyl groups excluding tert-OH is 1. The Morgan fingerprint density at radius 1 is 1.59 bits per heavy atom. The molecule has 2 heterocycles. The number of nitrogens with one attached hydrogen (secondary N) is 1. The molecule has 17 heavy (non-hydrogen) atoms. The fourth-order valence-corrected chi connectivity index (χ4v) is 1.99. The lowest BCUT2D eigenvalue weighted by Crippen LogP contribution is -2.26. The number of halogens is 2. The lowest BCUT2D eigenvalue weighted by molar-refractivity contribution is -0.121. The molecule has 3 atom stereocenters. The van der Waals surface area contributed by atoms with E-state index in [1.54, 1.807) is 0 Å². The Kier molecular flexibility index (Phi) is 3.01. The van der Waals surface area contributed by atoms with E-state index in [0.29, 0.717) is 6.20 Å². The smallest absolute Gasteiger partial charge is 0.309 e. The van der Waals surface area contributed by atoms with Crippen LogP contribution in [0.15, 0.2) is 6.20 Å². The quantitative estimate of drug-likeness (QED) is 0.715. The number of carbonyl (C=O) groups excluding carboxylic acids is 1. The number of aromatic nitrogens is 2. The van der Waals surface area contributed by atoms with Crippen molar-refractivity contribution in [1.29, 1.82) is 0 Å². The van der Waals surface area contributed by atoms with E-state index < -0.39 is 35.7 Å². The second kappa shape index (κ2) is 4.33. The van der Waals surface area contributed by atoms with Crippen molar-refractivity contribution >= 4 is 5.91 Å². The van der Waals surface area contributed by atoms with Crippen LogP contribution in [0.1, 0.15) is 18.5 Å². The van der Waals surface area contributed by atoms with Crippen LogP contribution in [-0.4, -0.2) is 33.6 Å². The topological polar surface area (TPSA) is 75.1 Å². The summed E-state index contributed by atoms with van der Waals surface area (Å²) in [5, 5.41) is 12.0. The fourth-order valence-electron chi connectivity index (χ4n) is 1.99. The second-order valence-corrected chi connectivity index (χ2v) is 4.00. The molecule has 2 rings (SSSR count). The number of amides is 1. The third-order valence-electron chi connectivity index (χ3n) is 2.88. The molecule has 1 aliphatic rings. The zero-order chi connectivity index (χ0) is 12.6. The molecular formula is C10H11F2N3O2. The number of aliphatic hydroxyl groups is 1. The van der Waals surface area contributed by atoms with Crippen molar-refractivity contribution in [2.75, 3.05) is 6.54 Å². The summed E-state index contributed by atoms with van der Waals surface area (Å²) in [5.41, 5.74) is -0.307. The minimum atomic E-state index is -1.09. The maximum atomic E-state index is 13.5. The van der Waals surface area contributed by atoms with Gasteiger partial charge in [-0.2, -0.15) is 4.39 Å². The van der Waals surface area contributed by atoms with E-state index in [9.17, 15) is 18.7 Å². The molecule has 1 unspecified atom stereocenters. The predicted molar refractivity (Wildman–Crippen MR) is 52.9 cm³/mol. The summed E-state index contributed by atoms with van der Waals surface area (Å²) < 4.78 is 26.4. The normalized spacial score (nSPS) is 25.8. The highest BCUT2D eigenvalue weighted by Gasteiger charge is 2.41. The highest BCUT2D eigenvalue weighted by atomic mass is 19.1. The molecule has 7 heteroatoms. The summed E-state index contributed by atoms with van der Waals surface area (Å²) in [7, 11) is 0. The van der Waals surface area contributed by atoms with Gasteiger partial charge >= 0.3 is 6.08 Å². The summed E-state index contributed by atoms with van der Waals surface area (Å²) in [6.07, 6.45) is -1.23. The lowest BCUT2D eigenvalue weighted by Gasteiger charge is -2.18. The van der Waals surface area contributed by atoms with Crippen LogP contribution in [0, 0.1) is 17.8 Å². The Labute approximate surface area is 95.9 Å². The first kappa shape index (κ1) is 11.8. The van der Waals surface area contributed by atoms with Gasteiger partial charge in [0.25, 0.3) is 0 Å². The van der Waals surface area contributed by atoms with Crippen molar-refractivity contribution in [2.24, 2.45) is 5.92 Å². The summed E-state index contributed by atoms with van der Waals surface area (Å²) in [4.78, 5) is 18.0. The van der Waals surface area contributed by atoms with Gasteiger partial charge in [-0.1, -0.05) is 0 Å². The average molecular weight is 243 g/mol. The molecule has 92 valence electrons. The molecule has 5 nitrogen and oxygen atoms in total. The van der Waals surface area contributed by atoms with Gasteiger partial charge in [-0.05, 0) is 6.92 Å². The van der Waals surface area contributed by atoms with Crippen LogP contribution in [-0.2, 0) is 4.79 Å². The van der Waals surface area contributed by atoms with Gasteiger partial charge in [-0.3, -0.25) is 4.79 Å². The van der Waals surface area contributed by atoms with Crippen LogP contribution in [0.4, 0.5) is 8.78 Å². The first-order valence-electron chi connectivity index (χ1n) is 5.14. The minimum Gasteiger partial charge on any atom is -0.393 e. The first-order valence-corrected chi connectivity index (χ1v) is 5.14. The van der Waals surface area contributed by atoms with Crippen LogP contribution < -0.4 is 5.32 Å². The molecule has 0 spiro atoms. The minimum absolute atomic E-state index is 0.215. The molecule has 1 amide bonds. The third kappa shape index (κ3) is 2.10. The zero-order valence-corrected chi connectivity index (χ0v) is 9.02. The molecule has 1 aliphatic heterocycles. The van der Waals surface area contributed by atoms with Gasteiger partial charge in [0, 0.05) is 12.5 Å². The number of carbonyl (C=O) groups is 1. The SMILES string of the molecule is C[C@H](O)C1CNC(=O)[C@H]1c1nc(F)ncc1F. The Morgan fingerprint density at radius 3 is 2.94 bits per heavy atom. The first-order chi connectivity index (χ1) is 8.00. The zero-order valence-electron chi connectivity index (χ0n) is 9.02. The van der Waals surface area contributed by atoms with Crippen LogP contribution >= 0.6 is 0 Å². The molecule has 1 saturated heterocycles. The number of rotatable bonds is 2. The molecule has 2 N–H and O–H groups in total. The highest BCUT2D eigenvalue weighted by Crippen LogP contribution is 2.31. The molecule has 0 saturated carbocycles. The Bertz CT molecular complexity index is 453. The number of hydrogen-bond acceptors (Lipinski definition) is 4. The largest absolute Gasteiger partial charge is 0.393 e. The van der Waals surface area contributed by atoms with E-state index in [-0.39, 0.29) is 12.2 Å². The van der Waals surface area contributed by atoms with Crippen LogP contribution in [0.2, 0.25) is 0 Å². The summed E-state index contributed by atoms with van der Waals surface area (Å²) in [6, 6.07) is 0. The molecule has 0 aliphatic carbocycles. The van der Waals surface area contributed by atoms with Crippen LogP contribution in [0.5, 0.6) is 0 Å². The van der Waals surface area contributed by atoms with Gasteiger partial charge in [0.05, 0.1) is 23.9 Å². The summed E-state index contributed by atoms with van der Waals surface area (Å²) in [6.45, 7) is 1.71. The third-order valence-corrected chi connectivity index (χ3v) is 2.88. The van der Waals surface area contributed by atoms with Gasteiger partial charge in [0.15, 0.2) is 5.82 Å². The van der Waals surface area contributed by atoms with E-state index >= 15 is 0 Å². The number of nitrogens with zero attached hydrogens (tertiary/aromatic N) is 2. The van der Waals surface area contributed by atoms with Crippen molar-refractivity contribution in [3.63, 3.8) is 0 Å². The van der Waals surface area contributed by atoms with Gasteiger partial charge in [0.2, 0.25) is 5.91 Å². The Hall–Kier alpha value is -1.63. The molecule has 1 aromatic rings. The molecule has 0 aromatic carbocycles. The van der Waals surface area contributed by atoms with Crippen LogP contribution in [0.25, 0.3) is 0 Å². The Morgan fingerprint density at radius 2 is 2.29 bits per heavy atom. The lowest BCUT2D eigenvalue weighted by atomic mass is 9.88. The summed E-state index contributed by atoms with van der Waals surface area (Å²) in [5.74, 6) is -2.81. The van der Waals surface area contributed by atoms with Gasteiger partial charge in [-0.25, -0.2) is 14.4 Å². The highest BCUT2D eigenvalue weighted by molar-refractivity contribution is 5.85. The van der Waals surface area contributed by atoms with Crippen molar-refractivity contribution < 1.29 is 18.7 Å². The number of hydrogen-bond donors (Lipinski definition) is 2. The maximum absolute atomic E-state index is 13.5. The standard InChI is InChI=1S/C10H11F2N3O2/c1-4(16)5-2-13-9(17)7(5)8-6(11)3-14-10(12)15-8/h3-5,7,16H,2H2,1H3,(H,13,17)/t4-,5?,7+/m0/s1. The molecular weight excluding hydrogens is 232 g/mol. The summed E-state index contributed by atoms with van der Waals surface area (Å²) >= 11 is 0. The van der Waals surface area contributed by atoms with E-state index in [2.05, 4.69) is 15.3 Å². The molecule has 1 aromatic heterocycles. The van der Waals surface area contributed by atoms with Gasteiger partial charge < -0.3 is 10.4 Å². The fraction of sp³-hybridized carbons (Fsp3) is 0.500. The molecule has 0 radical (unpaired) electrons. The van der Waals surface area contributed by atoms with Crippen molar-refractivity contribution in [1.82, 2.24) is 15.3 Å². The van der Waals surface area contributed by atoms with Gasteiger partial charge in [0.1, 0.15) is 0 Å². The van der Waals surface area contributed by atoms with E-state index in [4.69, 9.17) is 0 Å². The van der Waals surface area contributed by atoms with Crippen LogP contribution in [0.3, 0.4) is 0 Å². The van der Waals surface area contributed by atoms with Crippen molar-refractivity contribution in [3.05, 3.63) is 23.8 Å². The Balaban J connectivity index is 2.42. The van der Waals surface area contributed by atoms with Crippen molar-refractivity contribution in [3.8, 4) is 0 Å². The van der Waals surface area contributed by atoms with Gasteiger partial charge in [-0.15, -0.1) is 0 Å². The monoisotopic (exact) mass is 243 g/mol. The predicted octanol–water partition coefficient (Wildman–Crippen LogP) is -0.0348. The van der Waals surface area contributed by atoms with E-state index in [1.165, 1.54) is 6.92 Å². The molecule has 1 fully saturated rings. The van der Waals surface area contributed by atoms with E-state index in [1.807, 2.05) is 0 Å². The maximum Gasteiger partial charge on any atom is 0.309 e. The second-order valence-electron chi connectivity index (χ2n) is 4.00. The van der Waals surface area contributed by atoms with E-state index in [0.717, 1.165) is 0 Å².